The first-order chi connectivity index (χ1) is 19.0. The normalized spacial score (nSPS) is 14.1. The number of sulfone groups is 1. The van der Waals surface area contributed by atoms with Crippen LogP contribution in [0, 0.1) is 5.92 Å². The molecule has 230 valence electrons. The third kappa shape index (κ3) is 16.4. The molecule has 0 saturated carbocycles. The molecule has 3 unspecified atom stereocenters. The summed E-state index contributed by atoms with van der Waals surface area (Å²) in [6.45, 7) is 8.00. The van der Waals surface area contributed by atoms with E-state index in [1.54, 1.807) is 51.1 Å². The van der Waals surface area contributed by atoms with Crippen LogP contribution in [-0.4, -0.2) is 74.0 Å². The number of aliphatic hydroxyl groups is 1. The van der Waals surface area contributed by atoms with Crippen molar-refractivity contribution in [2.75, 3.05) is 12.9 Å². The molecule has 4 N–H and O–H groups in total. The Kier molecular flexibility index (Phi) is 14.5. The minimum atomic E-state index is -3.45. The Bertz CT molecular complexity index is 1150. The van der Waals surface area contributed by atoms with E-state index in [9.17, 15) is 32.7 Å². The Labute approximate surface area is 242 Å². The fraction of sp³-hybridized carbons (Fsp3) is 0.571. The molecule has 1 aromatic carbocycles. The standard InChI is InChI=1S/C28H43N3O9S/c1-19(2)16-21(14-15-41(6,37)38)29-26(35)23(17-32)30-25(34)22(12-13-24(33)40-28(3,4)5)31-27(36)39-18-20-10-8-7-9-11-20/h7-11,14-15,19,21-23,32H,12-13,16-18H2,1-6H3,(H,29,35)(H,30,34)(H,31,36). The number of esters is 1. The van der Waals surface area contributed by atoms with Gasteiger partial charge in [0.1, 0.15) is 24.3 Å². The zero-order valence-corrected chi connectivity index (χ0v) is 25.3. The molecule has 13 heteroatoms. The first kappa shape index (κ1) is 35.6. The van der Waals surface area contributed by atoms with Crippen molar-refractivity contribution >= 4 is 33.7 Å². The van der Waals surface area contributed by atoms with Gasteiger partial charge in [0.05, 0.1) is 6.61 Å². The first-order valence-corrected chi connectivity index (χ1v) is 15.2. The van der Waals surface area contributed by atoms with Crippen LogP contribution in [0.2, 0.25) is 0 Å². The summed E-state index contributed by atoms with van der Waals surface area (Å²) in [5.74, 6) is -2.11. The number of alkyl carbamates (subject to hydrolysis) is 1. The second-order valence-corrected chi connectivity index (χ2v) is 13.0. The Morgan fingerprint density at radius 1 is 0.976 bits per heavy atom. The van der Waals surface area contributed by atoms with Crippen LogP contribution in [0.15, 0.2) is 41.8 Å². The minimum absolute atomic E-state index is 0.0625. The molecule has 0 aliphatic rings. The predicted molar refractivity (Wildman–Crippen MR) is 153 cm³/mol. The molecule has 3 amide bonds. The van der Waals surface area contributed by atoms with Gasteiger partial charge in [0.15, 0.2) is 9.84 Å². The lowest BCUT2D eigenvalue weighted by molar-refractivity contribution is -0.155. The average Bonchev–Trinajstić information content (AvgIpc) is 2.85. The molecule has 0 aliphatic heterocycles. The van der Waals surface area contributed by atoms with E-state index in [0.717, 1.165) is 17.2 Å². The fourth-order valence-electron chi connectivity index (χ4n) is 3.51. The van der Waals surface area contributed by atoms with Crippen molar-refractivity contribution in [1.29, 1.82) is 0 Å². The van der Waals surface area contributed by atoms with Crippen molar-refractivity contribution in [1.82, 2.24) is 16.0 Å². The SMILES string of the molecule is CC(C)CC(C=CS(C)(=O)=O)NC(=O)C(CO)NC(=O)C(CCC(=O)OC(C)(C)C)NC(=O)OCc1ccccc1. The number of carbonyl (C=O) groups is 4. The van der Waals surface area contributed by atoms with Gasteiger partial charge in [-0.3, -0.25) is 14.4 Å². The summed E-state index contributed by atoms with van der Waals surface area (Å²) >= 11 is 0. The topological polar surface area (TPSA) is 177 Å². The van der Waals surface area contributed by atoms with Crippen molar-refractivity contribution in [2.24, 2.45) is 5.92 Å². The van der Waals surface area contributed by atoms with Gasteiger partial charge in [0, 0.05) is 24.1 Å². The number of rotatable bonds is 15. The number of ether oxygens (including phenoxy) is 2. The van der Waals surface area contributed by atoms with Gasteiger partial charge < -0.3 is 30.5 Å². The molecule has 0 aliphatic carbocycles. The molecule has 1 rings (SSSR count). The lowest BCUT2D eigenvalue weighted by Gasteiger charge is -2.24. The van der Waals surface area contributed by atoms with Crippen LogP contribution in [0.25, 0.3) is 0 Å². The highest BCUT2D eigenvalue weighted by Gasteiger charge is 2.29. The molecule has 1 aromatic rings. The van der Waals surface area contributed by atoms with E-state index in [4.69, 9.17) is 9.47 Å². The van der Waals surface area contributed by atoms with Gasteiger partial charge in [0.2, 0.25) is 11.8 Å². The van der Waals surface area contributed by atoms with E-state index < -0.39 is 64.0 Å². The first-order valence-electron chi connectivity index (χ1n) is 13.3. The number of amides is 3. The summed E-state index contributed by atoms with van der Waals surface area (Å²) in [5, 5.41) is 18.2. The van der Waals surface area contributed by atoms with Crippen molar-refractivity contribution < 1.29 is 42.2 Å². The molecule has 0 radical (unpaired) electrons. The van der Waals surface area contributed by atoms with Crippen LogP contribution in [0.3, 0.4) is 0 Å². The summed E-state index contributed by atoms with van der Waals surface area (Å²) in [7, 11) is -3.45. The Balaban J connectivity index is 2.98. The van der Waals surface area contributed by atoms with Gasteiger partial charge in [-0.05, 0) is 45.1 Å². The molecule has 41 heavy (non-hydrogen) atoms. The van der Waals surface area contributed by atoms with Gasteiger partial charge in [-0.2, -0.15) is 0 Å². The van der Waals surface area contributed by atoms with E-state index in [0.29, 0.717) is 6.42 Å². The average molecular weight is 598 g/mol. The van der Waals surface area contributed by atoms with Crippen molar-refractivity contribution in [2.45, 2.75) is 84.2 Å². The highest BCUT2D eigenvalue weighted by Crippen LogP contribution is 2.11. The number of hydrogen-bond acceptors (Lipinski definition) is 9. The van der Waals surface area contributed by atoms with Gasteiger partial charge in [-0.25, -0.2) is 13.2 Å². The van der Waals surface area contributed by atoms with Crippen molar-refractivity contribution in [3.8, 4) is 0 Å². The second-order valence-electron chi connectivity index (χ2n) is 11.0. The van der Waals surface area contributed by atoms with Gasteiger partial charge in [-0.15, -0.1) is 0 Å². The number of carbonyl (C=O) groups excluding carboxylic acids is 4. The molecular weight excluding hydrogens is 554 g/mol. The highest BCUT2D eigenvalue weighted by atomic mass is 32.2. The van der Waals surface area contributed by atoms with Crippen LogP contribution >= 0.6 is 0 Å². The Morgan fingerprint density at radius 3 is 2.12 bits per heavy atom. The summed E-state index contributed by atoms with van der Waals surface area (Å²) in [5.41, 5.74) is -0.0371. The lowest BCUT2D eigenvalue weighted by Crippen LogP contribution is -2.56. The molecule has 0 spiro atoms. The smallest absolute Gasteiger partial charge is 0.408 e. The molecule has 12 nitrogen and oxygen atoms in total. The van der Waals surface area contributed by atoms with Crippen LogP contribution in [0.4, 0.5) is 4.79 Å². The maximum atomic E-state index is 13.1. The molecule has 0 saturated heterocycles. The quantitative estimate of drug-likeness (QED) is 0.220. The minimum Gasteiger partial charge on any atom is -0.460 e. The van der Waals surface area contributed by atoms with Crippen molar-refractivity contribution in [3.05, 3.63) is 47.4 Å². The van der Waals surface area contributed by atoms with Gasteiger partial charge >= 0.3 is 12.1 Å². The molecule has 0 fully saturated rings. The molecule has 0 aromatic heterocycles. The zero-order valence-electron chi connectivity index (χ0n) is 24.5. The Hall–Kier alpha value is -3.45. The molecular formula is C28H43N3O9S. The molecule has 0 heterocycles. The van der Waals surface area contributed by atoms with Crippen LogP contribution in [0.5, 0.6) is 0 Å². The van der Waals surface area contributed by atoms with Crippen molar-refractivity contribution in [3.63, 3.8) is 0 Å². The maximum Gasteiger partial charge on any atom is 0.408 e. The van der Waals surface area contributed by atoms with E-state index in [1.807, 2.05) is 13.8 Å². The molecule has 0 bridgehead atoms. The fourth-order valence-corrected chi connectivity index (χ4v) is 3.99. The van der Waals surface area contributed by atoms with E-state index in [-0.39, 0.29) is 25.4 Å². The maximum absolute atomic E-state index is 13.1. The predicted octanol–water partition coefficient (Wildman–Crippen LogP) is 1.97. The third-order valence-corrected chi connectivity index (χ3v) is 5.96. The van der Waals surface area contributed by atoms with Gasteiger partial charge in [-0.1, -0.05) is 50.3 Å². The van der Waals surface area contributed by atoms with Gasteiger partial charge in [0.25, 0.3) is 0 Å². The number of hydrogen-bond donors (Lipinski definition) is 4. The van der Waals surface area contributed by atoms with Crippen LogP contribution in [0.1, 0.15) is 59.4 Å². The highest BCUT2D eigenvalue weighted by molar-refractivity contribution is 7.93. The second kappa shape index (κ2) is 16.7. The third-order valence-electron chi connectivity index (χ3n) is 5.31. The van der Waals surface area contributed by atoms with E-state index >= 15 is 0 Å². The zero-order chi connectivity index (χ0) is 31.2. The lowest BCUT2D eigenvalue weighted by atomic mass is 10.0. The molecule has 3 atom stereocenters. The van der Waals surface area contributed by atoms with E-state index in [1.165, 1.54) is 6.08 Å². The number of benzene rings is 1. The van der Waals surface area contributed by atoms with Crippen LogP contribution in [-0.2, 0) is 40.3 Å². The monoisotopic (exact) mass is 597 g/mol. The number of aliphatic hydroxyl groups excluding tert-OH is 1. The van der Waals surface area contributed by atoms with E-state index in [2.05, 4.69) is 16.0 Å². The largest absolute Gasteiger partial charge is 0.460 e. The number of nitrogens with one attached hydrogen (secondary N) is 3. The summed E-state index contributed by atoms with van der Waals surface area (Å²) in [6.07, 6.45) is 1.43. The summed E-state index contributed by atoms with van der Waals surface area (Å²) in [6, 6.07) is 5.45. The van der Waals surface area contributed by atoms with Crippen LogP contribution < -0.4 is 16.0 Å². The Morgan fingerprint density at radius 2 is 1.59 bits per heavy atom. The summed E-state index contributed by atoms with van der Waals surface area (Å²) in [4.78, 5) is 50.8. The summed E-state index contributed by atoms with van der Waals surface area (Å²) < 4.78 is 33.5.